The Morgan fingerprint density at radius 2 is 2.12 bits per heavy atom. The van der Waals surface area contributed by atoms with E-state index < -0.39 is 0 Å². The Balaban J connectivity index is 1.67. The second kappa shape index (κ2) is 5.51. The smallest absolute Gasteiger partial charge is 0.117 e. The molecule has 1 aromatic rings. The molecule has 0 radical (unpaired) electrons. The van der Waals surface area contributed by atoms with Crippen LogP contribution in [0.3, 0.4) is 0 Å². The summed E-state index contributed by atoms with van der Waals surface area (Å²) < 4.78 is 5.51. The third-order valence-electron chi connectivity index (χ3n) is 3.30. The average molecular weight is 222 g/mol. The first kappa shape index (κ1) is 11.7. The zero-order valence-corrected chi connectivity index (χ0v) is 10.3. The lowest BCUT2D eigenvalue weighted by atomic mass is 10.3. The summed E-state index contributed by atoms with van der Waals surface area (Å²) in [6, 6.07) is 4.70. The lowest BCUT2D eigenvalue weighted by Gasteiger charge is -2.23. The molecule has 0 aliphatic carbocycles. The van der Waals surface area contributed by atoms with Gasteiger partial charge in [-0.15, -0.1) is 0 Å². The Morgan fingerprint density at radius 3 is 2.75 bits per heavy atom. The van der Waals surface area contributed by atoms with E-state index in [9.17, 15) is 0 Å². The summed E-state index contributed by atoms with van der Waals surface area (Å²) in [5.41, 5.74) is 0. The Hall–Kier alpha value is -0.800. The SMILES string of the molecule is Cc1ccc(CNCC(C)N2CCCC2)o1. The summed E-state index contributed by atoms with van der Waals surface area (Å²) >= 11 is 0. The number of rotatable bonds is 5. The molecule has 1 unspecified atom stereocenters. The van der Waals surface area contributed by atoms with Gasteiger partial charge < -0.3 is 9.73 Å². The molecule has 16 heavy (non-hydrogen) atoms. The molecule has 1 aliphatic heterocycles. The van der Waals surface area contributed by atoms with E-state index >= 15 is 0 Å². The normalized spacial score (nSPS) is 19.1. The highest BCUT2D eigenvalue weighted by Gasteiger charge is 2.17. The average Bonchev–Trinajstić information content (AvgIpc) is 2.89. The van der Waals surface area contributed by atoms with Crippen molar-refractivity contribution in [3.63, 3.8) is 0 Å². The molecule has 0 spiro atoms. The molecule has 0 saturated carbocycles. The van der Waals surface area contributed by atoms with Crippen molar-refractivity contribution in [1.82, 2.24) is 10.2 Å². The summed E-state index contributed by atoms with van der Waals surface area (Å²) in [4.78, 5) is 2.56. The van der Waals surface area contributed by atoms with Crippen LogP contribution in [0.15, 0.2) is 16.5 Å². The first-order chi connectivity index (χ1) is 7.75. The van der Waals surface area contributed by atoms with Gasteiger partial charge in [0.25, 0.3) is 0 Å². The molecule has 1 aliphatic rings. The van der Waals surface area contributed by atoms with Crippen LogP contribution in [0.5, 0.6) is 0 Å². The van der Waals surface area contributed by atoms with Crippen molar-refractivity contribution in [1.29, 1.82) is 0 Å². The minimum atomic E-state index is 0.638. The van der Waals surface area contributed by atoms with E-state index in [0.29, 0.717) is 6.04 Å². The van der Waals surface area contributed by atoms with Crippen LogP contribution in [0.2, 0.25) is 0 Å². The maximum absolute atomic E-state index is 5.51. The fourth-order valence-corrected chi connectivity index (χ4v) is 2.30. The van der Waals surface area contributed by atoms with Gasteiger partial charge in [0.05, 0.1) is 6.54 Å². The van der Waals surface area contributed by atoms with Gasteiger partial charge in [0, 0.05) is 12.6 Å². The van der Waals surface area contributed by atoms with Crippen molar-refractivity contribution in [3.05, 3.63) is 23.7 Å². The van der Waals surface area contributed by atoms with E-state index in [2.05, 4.69) is 17.1 Å². The fourth-order valence-electron chi connectivity index (χ4n) is 2.30. The van der Waals surface area contributed by atoms with Crippen LogP contribution in [0.1, 0.15) is 31.3 Å². The van der Waals surface area contributed by atoms with Crippen LogP contribution >= 0.6 is 0 Å². The first-order valence-electron chi connectivity index (χ1n) is 6.26. The van der Waals surface area contributed by atoms with Crippen LogP contribution in [-0.2, 0) is 6.54 Å². The lowest BCUT2D eigenvalue weighted by Crippen LogP contribution is -2.38. The van der Waals surface area contributed by atoms with Gasteiger partial charge in [-0.05, 0) is 51.9 Å². The highest BCUT2D eigenvalue weighted by atomic mass is 16.3. The highest BCUT2D eigenvalue weighted by Crippen LogP contribution is 2.11. The molecule has 2 heterocycles. The van der Waals surface area contributed by atoms with Crippen molar-refractivity contribution in [2.75, 3.05) is 19.6 Å². The molecule has 1 saturated heterocycles. The molecule has 1 atom stereocenters. The molecule has 3 heteroatoms. The predicted molar refractivity (Wildman–Crippen MR) is 65.4 cm³/mol. The maximum atomic E-state index is 5.51. The monoisotopic (exact) mass is 222 g/mol. The summed E-state index contributed by atoms with van der Waals surface area (Å²) in [5, 5.41) is 3.46. The lowest BCUT2D eigenvalue weighted by molar-refractivity contribution is 0.250. The molecule has 1 fully saturated rings. The molecule has 0 amide bonds. The van der Waals surface area contributed by atoms with E-state index in [1.807, 2.05) is 19.1 Å². The van der Waals surface area contributed by atoms with Gasteiger partial charge >= 0.3 is 0 Å². The van der Waals surface area contributed by atoms with Crippen molar-refractivity contribution in [3.8, 4) is 0 Å². The summed E-state index contributed by atoms with van der Waals surface area (Å²) in [5.74, 6) is 2.02. The van der Waals surface area contributed by atoms with Crippen molar-refractivity contribution in [2.45, 2.75) is 39.3 Å². The van der Waals surface area contributed by atoms with Gasteiger partial charge in [0.2, 0.25) is 0 Å². The van der Waals surface area contributed by atoms with Gasteiger partial charge in [-0.3, -0.25) is 4.90 Å². The minimum absolute atomic E-state index is 0.638. The molecular formula is C13H22N2O. The first-order valence-corrected chi connectivity index (χ1v) is 6.26. The van der Waals surface area contributed by atoms with Crippen molar-refractivity contribution < 1.29 is 4.42 Å². The highest BCUT2D eigenvalue weighted by molar-refractivity contribution is 5.05. The number of likely N-dealkylation sites (tertiary alicyclic amines) is 1. The maximum Gasteiger partial charge on any atom is 0.117 e. The minimum Gasteiger partial charge on any atom is -0.465 e. The molecule has 2 rings (SSSR count). The summed E-state index contributed by atoms with van der Waals surface area (Å²) in [6.45, 7) is 8.69. The number of hydrogen-bond acceptors (Lipinski definition) is 3. The van der Waals surface area contributed by atoms with Crippen LogP contribution in [0, 0.1) is 6.92 Å². The fraction of sp³-hybridized carbons (Fsp3) is 0.692. The van der Waals surface area contributed by atoms with Gasteiger partial charge in [0.15, 0.2) is 0 Å². The van der Waals surface area contributed by atoms with E-state index in [1.165, 1.54) is 25.9 Å². The molecule has 0 bridgehead atoms. The van der Waals surface area contributed by atoms with E-state index in [4.69, 9.17) is 4.42 Å². The van der Waals surface area contributed by atoms with Gasteiger partial charge in [0.1, 0.15) is 11.5 Å². The van der Waals surface area contributed by atoms with Crippen molar-refractivity contribution >= 4 is 0 Å². The molecule has 3 nitrogen and oxygen atoms in total. The third-order valence-corrected chi connectivity index (χ3v) is 3.30. The zero-order valence-electron chi connectivity index (χ0n) is 10.3. The number of furan rings is 1. The Bertz CT molecular complexity index is 315. The van der Waals surface area contributed by atoms with E-state index in [1.54, 1.807) is 0 Å². The van der Waals surface area contributed by atoms with Gasteiger partial charge in [-0.25, -0.2) is 0 Å². The quantitative estimate of drug-likeness (QED) is 0.827. The van der Waals surface area contributed by atoms with Crippen molar-refractivity contribution in [2.24, 2.45) is 0 Å². The molecule has 90 valence electrons. The van der Waals surface area contributed by atoms with Crippen LogP contribution < -0.4 is 5.32 Å². The molecule has 0 aromatic carbocycles. The molecule has 1 N–H and O–H groups in total. The van der Waals surface area contributed by atoms with Gasteiger partial charge in [-0.1, -0.05) is 0 Å². The topological polar surface area (TPSA) is 28.4 Å². The van der Waals surface area contributed by atoms with Crippen LogP contribution in [-0.4, -0.2) is 30.6 Å². The van der Waals surface area contributed by atoms with Gasteiger partial charge in [-0.2, -0.15) is 0 Å². The largest absolute Gasteiger partial charge is 0.465 e. The van der Waals surface area contributed by atoms with E-state index in [0.717, 1.165) is 24.6 Å². The van der Waals surface area contributed by atoms with E-state index in [-0.39, 0.29) is 0 Å². The Morgan fingerprint density at radius 1 is 1.38 bits per heavy atom. The second-order valence-corrected chi connectivity index (χ2v) is 4.74. The molecule has 1 aromatic heterocycles. The summed E-state index contributed by atoms with van der Waals surface area (Å²) in [6.07, 6.45) is 2.73. The third kappa shape index (κ3) is 3.09. The van der Waals surface area contributed by atoms with Crippen LogP contribution in [0.25, 0.3) is 0 Å². The Kier molecular flexibility index (Phi) is 4.02. The molecular weight excluding hydrogens is 200 g/mol. The standard InChI is InChI=1S/C13H22N2O/c1-11(15-7-3-4-8-15)9-14-10-13-6-5-12(2)16-13/h5-6,11,14H,3-4,7-10H2,1-2H3. The Labute approximate surface area is 97.8 Å². The van der Waals surface area contributed by atoms with Crippen LogP contribution in [0.4, 0.5) is 0 Å². The number of nitrogens with zero attached hydrogens (tertiary/aromatic N) is 1. The summed E-state index contributed by atoms with van der Waals surface area (Å²) in [7, 11) is 0. The zero-order chi connectivity index (χ0) is 11.4. The number of hydrogen-bond donors (Lipinski definition) is 1. The number of aryl methyl sites for hydroxylation is 1. The second-order valence-electron chi connectivity index (χ2n) is 4.74. The number of nitrogens with one attached hydrogen (secondary N) is 1. The predicted octanol–water partition coefficient (Wildman–Crippen LogP) is 2.16.